The van der Waals surface area contributed by atoms with Crippen molar-refractivity contribution in [1.82, 2.24) is 4.98 Å². The first-order chi connectivity index (χ1) is 9.74. The number of aromatic amines is 1. The number of rotatable bonds is 3. The highest BCUT2D eigenvalue weighted by molar-refractivity contribution is 7.07. The number of ether oxygens (including phenoxy) is 1. The van der Waals surface area contributed by atoms with Gasteiger partial charge in [0.25, 0.3) is 5.56 Å². The van der Waals surface area contributed by atoms with E-state index in [9.17, 15) is 9.59 Å². The number of aryl methyl sites for hydroxylation is 2. The van der Waals surface area contributed by atoms with Gasteiger partial charge in [0.1, 0.15) is 12.2 Å². The summed E-state index contributed by atoms with van der Waals surface area (Å²) in [6, 6.07) is 3.60. The highest BCUT2D eigenvalue weighted by atomic mass is 32.1. The molecule has 5 heteroatoms. The van der Waals surface area contributed by atoms with Crippen LogP contribution in [-0.4, -0.2) is 11.0 Å². The van der Waals surface area contributed by atoms with Gasteiger partial charge < -0.3 is 9.72 Å². The van der Waals surface area contributed by atoms with Crippen LogP contribution in [0.3, 0.4) is 0 Å². The molecular weight excluding hydrogens is 274 g/mol. The molecule has 0 fully saturated rings. The molecule has 0 bridgehead atoms. The van der Waals surface area contributed by atoms with Gasteiger partial charge in [-0.15, -0.1) is 0 Å². The van der Waals surface area contributed by atoms with Crippen molar-refractivity contribution >= 4 is 17.3 Å². The number of hydrogen-bond donors (Lipinski definition) is 1. The van der Waals surface area contributed by atoms with Gasteiger partial charge in [-0.25, -0.2) is 4.79 Å². The quantitative estimate of drug-likeness (QED) is 0.884. The number of carbonyl (C=O) groups excluding carboxylic acids is 1. The van der Waals surface area contributed by atoms with Crippen LogP contribution in [0.4, 0.5) is 0 Å². The van der Waals surface area contributed by atoms with Crippen LogP contribution in [0.5, 0.6) is 0 Å². The first-order valence-electron chi connectivity index (χ1n) is 6.67. The number of H-pyrrole nitrogens is 1. The Morgan fingerprint density at radius 2 is 2.20 bits per heavy atom. The maximum Gasteiger partial charge on any atom is 0.344 e. The maximum atomic E-state index is 12.0. The third-order valence-corrected chi connectivity index (χ3v) is 4.24. The number of fused-ring (bicyclic) bond motifs is 1. The Morgan fingerprint density at radius 1 is 1.35 bits per heavy atom. The number of nitrogens with one attached hydrogen (secondary N) is 1. The molecule has 0 aromatic carbocycles. The summed E-state index contributed by atoms with van der Waals surface area (Å²) in [5.74, 6) is -0.550. The van der Waals surface area contributed by atoms with Crippen LogP contribution >= 0.6 is 11.3 Å². The number of pyridine rings is 1. The Bertz CT molecular complexity index is 673. The zero-order chi connectivity index (χ0) is 13.9. The molecule has 3 rings (SSSR count). The van der Waals surface area contributed by atoms with Gasteiger partial charge in [-0.3, -0.25) is 4.79 Å². The summed E-state index contributed by atoms with van der Waals surface area (Å²) in [6.07, 6.45) is 3.99. The predicted octanol–water partition coefficient (Wildman–Crippen LogP) is 2.67. The fraction of sp³-hybridized carbons (Fsp3) is 0.333. The summed E-state index contributed by atoms with van der Waals surface area (Å²) < 4.78 is 5.19. The van der Waals surface area contributed by atoms with Crippen molar-refractivity contribution in [2.45, 2.75) is 32.3 Å². The van der Waals surface area contributed by atoms with Crippen LogP contribution in [0.25, 0.3) is 0 Å². The number of thiophene rings is 1. The molecule has 0 radical (unpaired) electrons. The lowest BCUT2D eigenvalue weighted by atomic mass is 9.95. The number of hydrogen-bond acceptors (Lipinski definition) is 4. The normalized spacial score (nSPS) is 13.8. The fourth-order valence-electron chi connectivity index (χ4n) is 2.43. The summed E-state index contributed by atoms with van der Waals surface area (Å²) in [6.45, 7) is 0.207. The minimum Gasteiger partial charge on any atom is -0.457 e. The van der Waals surface area contributed by atoms with Gasteiger partial charge >= 0.3 is 5.97 Å². The van der Waals surface area contributed by atoms with Gasteiger partial charge in [0.15, 0.2) is 0 Å². The SMILES string of the molecule is O=C(OCc1ccsc1)c1cc2c([nH]c1=O)CCCC2. The molecule has 2 heterocycles. The van der Waals surface area contributed by atoms with E-state index in [2.05, 4.69) is 4.98 Å². The number of carbonyl (C=O) groups is 1. The van der Waals surface area contributed by atoms with Gasteiger partial charge in [0.05, 0.1) is 0 Å². The summed E-state index contributed by atoms with van der Waals surface area (Å²) in [4.78, 5) is 26.8. The lowest BCUT2D eigenvalue weighted by molar-refractivity contribution is 0.0471. The lowest BCUT2D eigenvalue weighted by Gasteiger charge is -2.15. The highest BCUT2D eigenvalue weighted by Crippen LogP contribution is 2.19. The monoisotopic (exact) mass is 289 g/mol. The molecule has 4 nitrogen and oxygen atoms in total. The summed E-state index contributed by atoms with van der Waals surface area (Å²) in [5, 5.41) is 3.85. The molecule has 2 aromatic rings. The molecule has 2 aromatic heterocycles. The number of aromatic nitrogens is 1. The largest absolute Gasteiger partial charge is 0.457 e. The van der Waals surface area contributed by atoms with Gasteiger partial charge in [0, 0.05) is 11.3 Å². The average Bonchev–Trinajstić information content (AvgIpc) is 2.97. The van der Waals surface area contributed by atoms with Gasteiger partial charge in [-0.2, -0.15) is 11.3 Å². The second-order valence-corrected chi connectivity index (χ2v) is 5.71. The van der Waals surface area contributed by atoms with Crippen molar-refractivity contribution in [3.05, 3.63) is 55.6 Å². The van der Waals surface area contributed by atoms with E-state index >= 15 is 0 Å². The second kappa shape index (κ2) is 5.63. The van der Waals surface area contributed by atoms with E-state index in [1.807, 2.05) is 16.8 Å². The second-order valence-electron chi connectivity index (χ2n) is 4.93. The van der Waals surface area contributed by atoms with E-state index in [4.69, 9.17) is 4.74 Å². The molecule has 0 spiro atoms. The molecule has 1 N–H and O–H groups in total. The lowest BCUT2D eigenvalue weighted by Crippen LogP contribution is -2.23. The molecule has 0 unspecified atom stereocenters. The van der Waals surface area contributed by atoms with Crippen molar-refractivity contribution in [3.8, 4) is 0 Å². The van der Waals surface area contributed by atoms with Crippen LogP contribution in [0.2, 0.25) is 0 Å². The Labute approximate surface area is 120 Å². The summed E-state index contributed by atoms with van der Waals surface area (Å²) >= 11 is 1.55. The fourth-order valence-corrected chi connectivity index (χ4v) is 3.08. The molecule has 0 aliphatic heterocycles. The predicted molar refractivity (Wildman–Crippen MR) is 77.1 cm³/mol. The van der Waals surface area contributed by atoms with Crippen LogP contribution in [0, 0.1) is 0 Å². The van der Waals surface area contributed by atoms with Gasteiger partial charge in [-0.05, 0) is 54.1 Å². The van der Waals surface area contributed by atoms with Gasteiger partial charge in [0.2, 0.25) is 0 Å². The van der Waals surface area contributed by atoms with Crippen LogP contribution < -0.4 is 5.56 Å². The zero-order valence-electron chi connectivity index (χ0n) is 11.0. The third-order valence-electron chi connectivity index (χ3n) is 3.51. The van der Waals surface area contributed by atoms with Crippen molar-refractivity contribution in [1.29, 1.82) is 0 Å². The Morgan fingerprint density at radius 3 is 3.00 bits per heavy atom. The Kier molecular flexibility index (Phi) is 3.69. The van der Waals surface area contributed by atoms with E-state index in [0.29, 0.717) is 0 Å². The first-order valence-corrected chi connectivity index (χ1v) is 7.61. The molecule has 20 heavy (non-hydrogen) atoms. The van der Waals surface area contributed by atoms with Crippen molar-refractivity contribution in [2.75, 3.05) is 0 Å². The minimum absolute atomic E-state index is 0.112. The molecule has 0 amide bonds. The molecule has 1 aliphatic rings. The summed E-state index contributed by atoms with van der Waals surface area (Å²) in [5.41, 5.74) is 2.74. The molecule has 0 saturated heterocycles. The van der Waals surface area contributed by atoms with E-state index in [1.165, 1.54) is 0 Å². The highest BCUT2D eigenvalue weighted by Gasteiger charge is 2.18. The summed E-state index contributed by atoms with van der Waals surface area (Å²) in [7, 11) is 0. The topological polar surface area (TPSA) is 59.2 Å². The molecule has 0 saturated carbocycles. The van der Waals surface area contributed by atoms with E-state index in [-0.39, 0.29) is 17.7 Å². The van der Waals surface area contributed by atoms with Crippen LogP contribution in [0.1, 0.15) is 40.0 Å². The first kappa shape index (κ1) is 13.1. The Balaban J connectivity index is 1.79. The van der Waals surface area contributed by atoms with Crippen molar-refractivity contribution in [3.63, 3.8) is 0 Å². The molecule has 1 aliphatic carbocycles. The van der Waals surface area contributed by atoms with E-state index < -0.39 is 5.97 Å². The third kappa shape index (κ3) is 2.67. The maximum absolute atomic E-state index is 12.0. The zero-order valence-corrected chi connectivity index (χ0v) is 11.8. The smallest absolute Gasteiger partial charge is 0.344 e. The molecular formula is C15H15NO3S. The van der Waals surface area contributed by atoms with Crippen LogP contribution in [-0.2, 0) is 24.2 Å². The minimum atomic E-state index is -0.550. The average molecular weight is 289 g/mol. The van der Waals surface area contributed by atoms with Gasteiger partial charge in [-0.1, -0.05) is 0 Å². The van der Waals surface area contributed by atoms with Crippen LogP contribution in [0.15, 0.2) is 27.7 Å². The van der Waals surface area contributed by atoms with Crippen molar-refractivity contribution < 1.29 is 9.53 Å². The van der Waals surface area contributed by atoms with E-state index in [0.717, 1.165) is 42.5 Å². The molecule has 0 atom stereocenters. The van der Waals surface area contributed by atoms with E-state index in [1.54, 1.807) is 17.4 Å². The van der Waals surface area contributed by atoms with Crippen molar-refractivity contribution in [2.24, 2.45) is 0 Å². The number of esters is 1. The standard InChI is InChI=1S/C15H15NO3S/c17-14-12(7-11-3-1-2-4-13(11)16-14)15(18)19-8-10-5-6-20-9-10/h5-7,9H,1-4,8H2,(H,16,17). The molecule has 104 valence electrons. The Hall–Kier alpha value is -1.88.